The fourth-order valence-corrected chi connectivity index (χ4v) is 3.25. The molecule has 0 aliphatic carbocycles. The summed E-state index contributed by atoms with van der Waals surface area (Å²) in [6.45, 7) is 1.60. The van der Waals surface area contributed by atoms with Gasteiger partial charge in [0.25, 0.3) is 0 Å². The number of rotatable bonds is 4. The third-order valence-corrected chi connectivity index (χ3v) is 4.05. The first-order chi connectivity index (χ1) is 7.30. The highest BCUT2D eigenvalue weighted by Gasteiger charge is 2.16. The van der Waals surface area contributed by atoms with Crippen LogP contribution in [-0.4, -0.2) is 20.2 Å². The zero-order valence-corrected chi connectivity index (χ0v) is 10.4. The lowest BCUT2D eigenvalue weighted by atomic mass is 10.2. The van der Waals surface area contributed by atoms with E-state index in [4.69, 9.17) is 17.3 Å². The molecule has 1 unspecified atom stereocenters. The van der Waals surface area contributed by atoms with Crippen LogP contribution in [0.25, 0.3) is 0 Å². The predicted octanol–water partition coefficient (Wildman–Crippen LogP) is 1.74. The molecule has 0 aliphatic rings. The number of benzene rings is 1. The Hall–Kier alpha value is -0.650. The Labute approximate surface area is 99.3 Å². The standard InChI is InChI=1S/C10H13ClFNO2S/c1-7(13)5-16(14,15)6-8-4-9(12)2-3-10(8)11/h2-4,7H,5-6,13H2,1H3. The zero-order chi connectivity index (χ0) is 12.3. The number of hydrogen-bond donors (Lipinski definition) is 1. The normalized spacial score (nSPS) is 13.8. The van der Waals surface area contributed by atoms with Gasteiger partial charge in [-0.1, -0.05) is 11.6 Å². The van der Waals surface area contributed by atoms with Crippen molar-refractivity contribution in [3.8, 4) is 0 Å². The van der Waals surface area contributed by atoms with Crippen LogP contribution < -0.4 is 5.73 Å². The van der Waals surface area contributed by atoms with Gasteiger partial charge in [-0.15, -0.1) is 0 Å². The summed E-state index contributed by atoms with van der Waals surface area (Å²) in [4.78, 5) is 0. The molecular formula is C10H13ClFNO2S. The average Bonchev–Trinajstić information content (AvgIpc) is 2.08. The van der Waals surface area contributed by atoms with Gasteiger partial charge in [-0.3, -0.25) is 0 Å². The largest absolute Gasteiger partial charge is 0.327 e. The van der Waals surface area contributed by atoms with Crippen LogP contribution in [0.4, 0.5) is 4.39 Å². The molecule has 1 aromatic rings. The van der Waals surface area contributed by atoms with Gasteiger partial charge in [0, 0.05) is 11.1 Å². The van der Waals surface area contributed by atoms with E-state index < -0.39 is 21.7 Å². The maximum atomic E-state index is 12.9. The van der Waals surface area contributed by atoms with Gasteiger partial charge >= 0.3 is 0 Å². The first-order valence-corrected chi connectivity index (χ1v) is 6.90. The summed E-state index contributed by atoms with van der Waals surface area (Å²) in [7, 11) is -3.35. The number of halogens is 2. The molecule has 3 nitrogen and oxygen atoms in total. The molecule has 0 aliphatic heterocycles. The smallest absolute Gasteiger partial charge is 0.156 e. The first kappa shape index (κ1) is 13.4. The molecule has 0 saturated heterocycles. The van der Waals surface area contributed by atoms with Gasteiger partial charge in [-0.05, 0) is 30.7 Å². The van der Waals surface area contributed by atoms with Crippen LogP contribution in [0, 0.1) is 5.82 Å². The molecule has 16 heavy (non-hydrogen) atoms. The Bertz CT molecular complexity index is 474. The van der Waals surface area contributed by atoms with Gasteiger partial charge in [-0.25, -0.2) is 12.8 Å². The number of sulfone groups is 1. The van der Waals surface area contributed by atoms with Crippen molar-refractivity contribution in [2.75, 3.05) is 5.75 Å². The van der Waals surface area contributed by atoms with Crippen LogP contribution in [0.2, 0.25) is 5.02 Å². The summed E-state index contributed by atoms with van der Waals surface area (Å²) in [5.41, 5.74) is 5.68. The third kappa shape index (κ3) is 4.08. The number of hydrogen-bond acceptors (Lipinski definition) is 3. The molecule has 6 heteroatoms. The lowest BCUT2D eigenvalue weighted by Crippen LogP contribution is -2.27. The summed E-state index contributed by atoms with van der Waals surface area (Å²) in [6, 6.07) is 3.20. The van der Waals surface area contributed by atoms with Gasteiger partial charge in [0.2, 0.25) is 0 Å². The van der Waals surface area contributed by atoms with Crippen molar-refractivity contribution in [2.24, 2.45) is 5.73 Å². The maximum Gasteiger partial charge on any atom is 0.156 e. The molecule has 0 spiro atoms. The minimum atomic E-state index is -3.35. The summed E-state index contributed by atoms with van der Waals surface area (Å²) >= 11 is 5.78. The van der Waals surface area contributed by atoms with E-state index in [0.717, 1.165) is 6.07 Å². The summed E-state index contributed by atoms with van der Waals surface area (Å²) in [5, 5.41) is 0.245. The average molecular weight is 266 g/mol. The Balaban J connectivity index is 2.92. The third-order valence-electron chi connectivity index (χ3n) is 1.90. The zero-order valence-electron chi connectivity index (χ0n) is 8.78. The topological polar surface area (TPSA) is 60.2 Å². The van der Waals surface area contributed by atoms with Crippen molar-refractivity contribution in [1.82, 2.24) is 0 Å². The van der Waals surface area contributed by atoms with Crippen molar-refractivity contribution in [1.29, 1.82) is 0 Å². The van der Waals surface area contributed by atoms with E-state index in [-0.39, 0.29) is 22.1 Å². The van der Waals surface area contributed by atoms with Crippen molar-refractivity contribution in [2.45, 2.75) is 18.7 Å². The van der Waals surface area contributed by atoms with Gasteiger partial charge in [0.05, 0.1) is 11.5 Å². The van der Waals surface area contributed by atoms with Gasteiger partial charge in [0.1, 0.15) is 5.82 Å². The van der Waals surface area contributed by atoms with E-state index in [2.05, 4.69) is 0 Å². The van der Waals surface area contributed by atoms with Crippen molar-refractivity contribution in [3.63, 3.8) is 0 Å². The van der Waals surface area contributed by atoms with Gasteiger partial charge < -0.3 is 5.73 Å². The second-order valence-electron chi connectivity index (χ2n) is 3.77. The van der Waals surface area contributed by atoms with Gasteiger partial charge in [-0.2, -0.15) is 0 Å². The molecule has 0 aromatic heterocycles. The SMILES string of the molecule is CC(N)CS(=O)(=O)Cc1cc(F)ccc1Cl. The van der Waals surface area contributed by atoms with Crippen LogP contribution in [0.1, 0.15) is 12.5 Å². The minimum Gasteiger partial charge on any atom is -0.327 e. The first-order valence-electron chi connectivity index (χ1n) is 4.70. The van der Waals surface area contributed by atoms with E-state index >= 15 is 0 Å². The second kappa shape index (κ2) is 5.12. The molecule has 0 radical (unpaired) electrons. The van der Waals surface area contributed by atoms with Crippen molar-refractivity contribution in [3.05, 3.63) is 34.6 Å². The molecule has 2 N–H and O–H groups in total. The van der Waals surface area contributed by atoms with E-state index in [1.54, 1.807) is 6.92 Å². The Kier molecular flexibility index (Phi) is 4.29. The van der Waals surface area contributed by atoms with Crippen LogP contribution in [0.15, 0.2) is 18.2 Å². The molecule has 1 atom stereocenters. The monoisotopic (exact) mass is 265 g/mol. The molecule has 0 saturated carbocycles. The predicted molar refractivity (Wildman–Crippen MR) is 62.6 cm³/mol. The van der Waals surface area contributed by atoms with Crippen LogP contribution >= 0.6 is 11.6 Å². The lowest BCUT2D eigenvalue weighted by molar-refractivity contribution is 0.588. The molecule has 0 bridgehead atoms. The molecule has 1 aromatic carbocycles. The van der Waals surface area contributed by atoms with Crippen LogP contribution in [-0.2, 0) is 15.6 Å². The molecule has 0 amide bonds. The van der Waals surface area contributed by atoms with E-state index in [1.165, 1.54) is 12.1 Å². The number of nitrogens with two attached hydrogens (primary N) is 1. The molecule has 0 fully saturated rings. The molecular weight excluding hydrogens is 253 g/mol. The Morgan fingerprint density at radius 2 is 2.12 bits per heavy atom. The van der Waals surface area contributed by atoms with E-state index in [1.807, 2.05) is 0 Å². The van der Waals surface area contributed by atoms with E-state index in [9.17, 15) is 12.8 Å². The Morgan fingerprint density at radius 3 is 2.69 bits per heavy atom. The second-order valence-corrected chi connectivity index (χ2v) is 6.28. The molecule has 90 valence electrons. The van der Waals surface area contributed by atoms with Crippen molar-refractivity contribution >= 4 is 21.4 Å². The van der Waals surface area contributed by atoms with Crippen LogP contribution in [0.3, 0.4) is 0 Å². The fourth-order valence-electron chi connectivity index (χ4n) is 1.35. The quantitative estimate of drug-likeness (QED) is 0.902. The van der Waals surface area contributed by atoms with Crippen LogP contribution in [0.5, 0.6) is 0 Å². The minimum absolute atomic E-state index is 0.139. The fraction of sp³-hybridized carbons (Fsp3) is 0.400. The van der Waals surface area contributed by atoms with E-state index in [0.29, 0.717) is 0 Å². The lowest BCUT2D eigenvalue weighted by Gasteiger charge is -2.08. The molecule has 0 heterocycles. The molecule has 1 rings (SSSR count). The summed E-state index contributed by atoms with van der Waals surface area (Å²) in [5.74, 6) is -0.930. The van der Waals surface area contributed by atoms with Crippen molar-refractivity contribution < 1.29 is 12.8 Å². The van der Waals surface area contributed by atoms with Gasteiger partial charge in [0.15, 0.2) is 9.84 Å². The summed E-state index contributed by atoms with van der Waals surface area (Å²) < 4.78 is 36.1. The highest BCUT2D eigenvalue weighted by Crippen LogP contribution is 2.19. The maximum absolute atomic E-state index is 12.9. The Morgan fingerprint density at radius 1 is 1.50 bits per heavy atom. The summed E-state index contributed by atoms with van der Waals surface area (Å²) in [6.07, 6.45) is 0. The highest BCUT2D eigenvalue weighted by atomic mass is 35.5. The highest BCUT2D eigenvalue weighted by molar-refractivity contribution is 7.90.